The Bertz CT molecular complexity index is 447. The minimum absolute atomic E-state index is 0.348. The molecule has 2 rings (SSSR count). The summed E-state index contributed by atoms with van der Waals surface area (Å²) in [6, 6.07) is 10.1. The number of hydrogen-bond acceptors (Lipinski definition) is 2. The van der Waals surface area contributed by atoms with Crippen LogP contribution in [-0.4, -0.2) is 31.1 Å². The Morgan fingerprint density at radius 1 is 1.24 bits per heavy atom. The van der Waals surface area contributed by atoms with Gasteiger partial charge in [-0.15, -0.1) is 0 Å². The summed E-state index contributed by atoms with van der Waals surface area (Å²) < 4.78 is 0. The largest absolute Gasteiger partial charge is 0.309 e. The first kappa shape index (κ1) is 16.5. The maximum absolute atomic E-state index is 3.80. The predicted octanol–water partition coefficient (Wildman–Crippen LogP) is 4.02. The third-order valence-corrected chi connectivity index (χ3v) is 4.39. The first-order valence-corrected chi connectivity index (χ1v) is 8.44. The maximum Gasteiger partial charge on any atom is 0.0480 e. The van der Waals surface area contributed by atoms with Crippen molar-refractivity contribution in [1.29, 1.82) is 0 Å². The molecule has 0 heterocycles. The second kappa shape index (κ2) is 6.93. The quantitative estimate of drug-likeness (QED) is 0.880. The molecule has 2 nitrogen and oxygen atoms in total. The average molecular weight is 288 g/mol. The molecule has 0 aromatic heterocycles. The van der Waals surface area contributed by atoms with E-state index in [1.165, 1.54) is 30.4 Å². The highest BCUT2D eigenvalue weighted by atomic mass is 15.2. The zero-order valence-electron chi connectivity index (χ0n) is 14.4. The lowest BCUT2D eigenvalue weighted by Crippen LogP contribution is -2.48. The number of aryl methyl sites for hydroxylation is 1. The molecule has 0 fully saturated rings. The molecule has 2 heteroatoms. The molecule has 2 unspecified atom stereocenters. The number of fused-ring (bicyclic) bond motifs is 1. The van der Waals surface area contributed by atoms with E-state index in [-0.39, 0.29) is 0 Å². The number of likely N-dealkylation sites (N-methyl/N-ethyl adjacent to an activating group) is 1. The Kier molecular flexibility index (Phi) is 5.45. The van der Waals surface area contributed by atoms with Crippen molar-refractivity contribution in [2.75, 3.05) is 20.1 Å². The molecule has 1 aliphatic rings. The minimum atomic E-state index is 0.348. The van der Waals surface area contributed by atoms with Gasteiger partial charge in [-0.05, 0) is 49.4 Å². The van der Waals surface area contributed by atoms with Crippen LogP contribution in [0, 0.1) is 5.41 Å². The molecular formula is C19H32N2. The van der Waals surface area contributed by atoms with E-state index in [9.17, 15) is 0 Å². The molecule has 0 spiro atoms. The molecule has 1 aromatic rings. The second-order valence-corrected chi connectivity index (χ2v) is 7.71. The van der Waals surface area contributed by atoms with E-state index in [0.29, 0.717) is 17.5 Å². The lowest BCUT2D eigenvalue weighted by molar-refractivity contribution is 0.128. The van der Waals surface area contributed by atoms with E-state index in [4.69, 9.17) is 0 Å². The van der Waals surface area contributed by atoms with Gasteiger partial charge in [0, 0.05) is 18.6 Å². The van der Waals surface area contributed by atoms with Crippen molar-refractivity contribution in [2.45, 2.75) is 59.0 Å². The van der Waals surface area contributed by atoms with Crippen molar-refractivity contribution in [2.24, 2.45) is 5.41 Å². The molecule has 0 radical (unpaired) electrons. The van der Waals surface area contributed by atoms with Crippen LogP contribution in [0.4, 0.5) is 0 Å². The molecule has 118 valence electrons. The Morgan fingerprint density at radius 3 is 2.62 bits per heavy atom. The molecule has 2 atom stereocenters. The topological polar surface area (TPSA) is 15.3 Å². The van der Waals surface area contributed by atoms with E-state index in [1.54, 1.807) is 0 Å². The van der Waals surface area contributed by atoms with E-state index in [1.807, 2.05) is 0 Å². The van der Waals surface area contributed by atoms with Crippen molar-refractivity contribution in [3.8, 4) is 0 Å². The fraction of sp³-hybridized carbons (Fsp3) is 0.684. The van der Waals surface area contributed by atoms with Crippen molar-refractivity contribution < 1.29 is 0 Å². The molecule has 0 saturated carbocycles. The zero-order valence-corrected chi connectivity index (χ0v) is 14.4. The van der Waals surface area contributed by atoms with Gasteiger partial charge in [-0.1, -0.05) is 52.0 Å². The van der Waals surface area contributed by atoms with E-state index in [0.717, 1.165) is 13.1 Å². The summed E-state index contributed by atoms with van der Waals surface area (Å²) in [4.78, 5) is 2.57. The van der Waals surface area contributed by atoms with E-state index >= 15 is 0 Å². The molecule has 0 saturated heterocycles. The maximum atomic E-state index is 3.80. The van der Waals surface area contributed by atoms with Gasteiger partial charge in [0.1, 0.15) is 0 Å². The average Bonchev–Trinajstić information content (AvgIpc) is 2.42. The molecule has 1 aromatic carbocycles. The normalized spacial score (nSPS) is 22.4. The van der Waals surface area contributed by atoms with Gasteiger partial charge >= 0.3 is 0 Å². The Hall–Kier alpha value is -0.860. The molecule has 0 bridgehead atoms. The summed E-state index contributed by atoms with van der Waals surface area (Å²) in [7, 11) is 2.30. The Balaban J connectivity index is 2.20. The van der Waals surface area contributed by atoms with Gasteiger partial charge in [-0.2, -0.15) is 0 Å². The molecular weight excluding hydrogens is 256 g/mol. The third-order valence-electron chi connectivity index (χ3n) is 4.39. The summed E-state index contributed by atoms with van der Waals surface area (Å²) in [5.74, 6) is 0. The fourth-order valence-electron chi connectivity index (χ4n) is 3.63. The van der Waals surface area contributed by atoms with Gasteiger partial charge in [-0.3, -0.25) is 0 Å². The van der Waals surface area contributed by atoms with Crippen LogP contribution in [0.1, 0.15) is 57.7 Å². The lowest BCUT2D eigenvalue weighted by Gasteiger charge is -2.42. The van der Waals surface area contributed by atoms with Gasteiger partial charge in [0.05, 0.1) is 0 Å². The van der Waals surface area contributed by atoms with Crippen LogP contribution in [0.2, 0.25) is 0 Å². The van der Waals surface area contributed by atoms with Crippen molar-refractivity contribution in [1.82, 2.24) is 10.2 Å². The molecule has 0 aliphatic heterocycles. The number of nitrogens with one attached hydrogen (secondary N) is 1. The molecule has 0 amide bonds. The second-order valence-electron chi connectivity index (χ2n) is 7.71. The summed E-state index contributed by atoms with van der Waals surface area (Å²) in [5, 5.41) is 3.80. The smallest absolute Gasteiger partial charge is 0.0480 e. The van der Waals surface area contributed by atoms with Crippen LogP contribution in [0.15, 0.2) is 24.3 Å². The highest BCUT2D eigenvalue weighted by Crippen LogP contribution is 2.33. The SMILES string of the molecule is CCCNC1c2ccccc2CCC1N(C)CC(C)(C)C. The minimum Gasteiger partial charge on any atom is -0.309 e. The number of benzene rings is 1. The van der Waals surface area contributed by atoms with Gasteiger partial charge in [0.15, 0.2) is 0 Å². The first-order valence-electron chi connectivity index (χ1n) is 8.44. The molecule has 21 heavy (non-hydrogen) atoms. The Morgan fingerprint density at radius 2 is 1.95 bits per heavy atom. The van der Waals surface area contributed by atoms with E-state index in [2.05, 4.69) is 69.2 Å². The molecule has 1 N–H and O–H groups in total. The zero-order chi connectivity index (χ0) is 15.5. The van der Waals surface area contributed by atoms with Crippen LogP contribution in [0.25, 0.3) is 0 Å². The van der Waals surface area contributed by atoms with Crippen molar-refractivity contribution in [3.63, 3.8) is 0 Å². The summed E-state index contributed by atoms with van der Waals surface area (Å²) in [6.45, 7) is 11.5. The predicted molar refractivity (Wildman–Crippen MR) is 91.7 cm³/mol. The summed E-state index contributed by atoms with van der Waals surface area (Å²) in [6.07, 6.45) is 3.65. The van der Waals surface area contributed by atoms with Crippen LogP contribution in [0.3, 0.4) is 0 Å². The van der Waals surface area contributed by atoms with Crippen LogP contribution in [0.5, 0.6) is 0 Å². The number of rotatable bonds is 5. The van der Waals surface area contributed by atoms with Crippen LogP contribution < -0.4 is 5.32 Å². The van der Waals surface area contributed by atoms with Crippen molar-refractivity contribution >= 4 is 0 Å². The monoisotopic (exact) mass is 288 g/mol. The summed E-state index contributed by atoms with van der Waals surface area (Å²) in [5.41, 5.74) is 3.40. The van der Waals surface area contributed by atoms with Crippen molar-refractivity contribution in [3.05, 3.63) is 35.4 Å². The number of nitrogens with zero attached hydrogens (tertiary/aromatic N) is 1. The van der Waals surface area contributed by atoms with Gasteiger partial charge in [0.25, 0.3) is 0 Å². The summed E-state index contributed by atoms with van der Waals surface area (Å²) >= 11 is 0. The van der Waals surface area contributed by atoms with Crippen LogP contribution >= 0.6 is 0 Å². The lowest BCUT2D eigenvalue weighted by atomic mass is 9.82. The highest BCUT2D eigenvalue weighted by molar-refractivity contribution is 5.34. The standard InChI is InChI=1S/C19H32N2/c1-6-13-20-18-16-10-8-7-9-15(16)11-12-17(18)21(5)14-19(2,3)4/h7-10,17-18,20H,6,11-14H2,1-5H3. The van der Waals surface area contributed by atoms with Crippen LogP contribution in [-0.2, 0) is 6.42 Å². The third kappa shape index (κ3) is 4.31. The first-order chi connectivity index (χ1) is 9.92. The van der Waals surface area contributed by atoms with Gasteiger partial charge in [0.2, 0.25) is 0 Å². The van der Waals surface area contributed by atoms with Gasteiger partial charge < -0.3 is 10.2 Å². The number of hydrogen-bond donors (Lipinski definition) is 1. The molecule has 1 aliphatic carbocycles. The fourth-order valence-corrected chi connectivity index (χ4v) is 3.63. The van der Waals surface area contributed by atoms with E-state index < -0.39 is 0 Å². The highest BCUT2D eigenvalue weighted by Gasteiger charge is 2.32. The Labute approximate surface area is 130 Å². The van der Waals surface area contributed by atoms with Gasteiger partial charge in [-0.25, -0.2) is 0 Å².